The van der Waals surface area contributed by atoms with Crippen molar-refractivity contribution in [2.45, 2.75) is 33.2 Å². The number of halogens is 2. The molecule has 1 nitrogen and oxygen atoms in total. The predicted molar refractivity (Wildman–Crippen MR) is 84.6 cm³/mol. The summed E-state index contributed by atoms with van der Waals surface area (Å²) >= 11 is 9.69. The van der Waals surface area contributed by atoms with Gasteiger partial charge in [0.05, 0.1) is 0 Å². The number of nitrogens with zero attached hydrogens (tertiary/aromatic N) is 1. The predicted octanol–water partition coefficient (Wildman–Crippen LogP) is 4.97. The molecule has 0 aliphatic carbocycles. The van der Waals surface area contributed by atoms with E-state index in [0.717, 1.165) is 23.4 Å². The van der Waals surface area contributed by atoms with Gasteiger partial charge in [-0.25, -0.2) is 0 Å². The van der Waals surface area contributed by atoms with E-state index in [1.54, 1.807) is 0 Å². The van der Waals surface area contributed by atoms with Crippen LogP contribution in [-0.4, -0.2) is 23.8 Å². The molecular formula is C15H23BrClN. The highest BCUT2D eigenvalue weighted by Crippen LogP contribution is 2.30. The van der Waals surface area contributed by atoms with Crippen molar-refractivity contribution in [3.05, 3.63) is 34.9 Å². The maximum Gasteiger partial charge on any atom is 0.0409 e. The van der Waals surface area contributed by atoms with Crippen molar-refractivity contribution in [2.75, 3.05) is 18.9 Å². The Morgan fingerprint density at radius 3 is 2.44 bits per heavy atom. The molecule has 3 heteroatoms. The summed E-state index contributed by atoms with van der Waals surface area (Å²) < 4.78 is 0. The van der Waals surface area contributed by atoms with Crippen LogP contribution in [0.25, 0.3) is 0 Å². The summed E-state index contributed by atoms with van der Waals surface area (Å²) in [5.74, 6) is 0. The number of alkyl halides is 1. The second-order valence-electron chi connectivity index (χ2n) is 5.14. The van der Waals surface area contributed by atoms with Gasteiger partial charge >= 0.3 is 0 Å². The van der Waals surface area contributed by atoms with Crippen LogP contribution in [0.5, 0.6) is 0 Å². The van der Waals surface area contributed by atoms with Crippen molar-refractivity contribution in [1.29, 1.82) is 0 Å². The maximum absolute atomic E-state index is 6.02. The summed E-state index contributed by atoms with van der Waals surface area (Å²) in [6.07, 6.45) is 2.41. The van der Waals surface area contributed by atoms with Crippen LogP contribution in [0.4, 0.5) is 0 Å². The lowest BCUT2D eigenvalue weighted by Crippen LogP contribution is -2.36. The van der Waals surface area contributed by atoms with Gasteiger partial charge < -0.3 is 4.90 Å². The van der Waals surface area contributed by atoms with E-state index >= 15 is 0 Å². The minimum Gasteiger partial charge on any atom is -0.302 e. The molecule has 1 rings (SSSR count). The Morgan fingerprint density at radius 1 is 1.28 bits per heavy atom. The van der Waals surface area contributed by atoms with E-state index in [2.05, 4.69) is 47.8 Å². The monoisotopic (exact) mass is 331 g/mol. The highest BCUT2D eigenvalue weighted by Gasteiger charge is 2.26. The lowest BCUT2D eigenvalue weighted by Gasteiger charge is -2.34. The van der Waals surface area contributed by atoms with E-state index in [-0.39, 0.29) is 0 Å². The van der Waals surface area contributed by atoms with E-state index in [1.807, 2.05) is 18.2 Å². The third-order valence-corrected chi connectivity index (χ3v) is 5.15. The summed E-state index contributed by atoms with van der Waals surface area (Å²) in [7, 11) is 2.18. The van der Waals surface area contributed by atoms with E-state index < -0.39 is 0 Å². The number of hydrogen-bond donors (Lipinski definition) is 0. The van der Waals surface area contributed by atoms with Gasteiger partial charge in [0, 0.05) is 23.4 Å². The smallest absolute Gasteiger partial charge is 0.0409 e. The number of hydrogen-bond acceptors (Lipinski definition) is 1. The van der Waals surface area contributed by atoms with Crippen LogP contribution in [0.3, 0.4) is 0 Å². The first-order valence-corrected chi connectivity index (χ1v) is 8.04. The first-order chi connectivity index (χ1) is 8.55. The van der Waals surface area contributed by atoms with Crippen LogP contribution in [0.2, 0.25) is 5.02 Å². The Kier molecular flexibility index (Phi) is 6.68. The van der Waals surface area contributed by atoms with Gasteiger partial charge in [-0.05, 0) is 43.0 Å². The summed E-state index contributed by atoms with van der Waals surface area (Å²) in [5, 5.41) is 1.88. The summed E-state index contributed by atoms with van der Waals surface area (Å²) in [6, 6.07) is 8.12. The molecule has 0 saturated heterocycles. The third kappa shape index (κ3) is 4.56. The van der Waals surface area contributed by atoms with Crippen molar-refractivity contribution < 1.29 is 0 Å². The molecule has 18 heavy (non-hydrogen) atoms. The lowest BCUT2D eigenvalue weighted by molar-refractivity contribution is 0.180. The Bertz CT molecular complexity index is 355. The average Bonchev–Trinajstić information content (AvgIpc) is 2.36. The normalized spacial score (nSPS) is 12.1. The number of rotatable bonds is 7. The van der Waals surface area contributed by atoms with Gasteiger partial charge in [-0.2, -0.15) is 0 Å². The Morgan fingerprint density at radius 2 is 1.94 bits per heavy atom. The van der Waals surface area contributed by atoms with Crippen LogP contribution in [0.15, 0.2) is 24.3 Å². The highest BCUT2D eigenvalue weighted by atomic mass is 79.9. The van der Waals surface area contributed by atoms with Crippen molar-refractivity contribution in [2.24, 2.45) is 5.41 Å². The van der Waals surface area contributed by atoms with Crippen LogP contribution in [0, 0.1) is 5.41 Å². The topological polar surface area (TPSA) is 3.24 Å². The summed E-state index contributed by atoms with van der Waals surface area (Å²) in [6.45, 7) is 6.61. The van der Waals surface area contributed by atoms with Gasteiger partial charge in [-0.3, -0.25) is 0 Å². The second-order valence-corrected chi connectivity index (χ2v) is 6.14. The summed E-state index contributed by atoms with van der Waals surface area (Å²) in [4.78, 5) is 2.39. The van der Waals surface area contributed by atoms with E-state index in [9.17, 15) is 0 Å². The maximum atomic E-state index is 6.02. The fourth-order valence-corrected chi connectivity index (χ4v) is 3.46. The van der Waals surface area contributed by atoms with Crippen molar-refractivity contribution >= 4 is 27.5 Å². The first-order valence-electron chi connectivity index (χ1n) is 6.54. The van der Waals surface area contributed by atoms with Crippen LogP contribution in [0.1, 0.15) is 32.3 Å². The largest absolute Gasteiger partial charge is 0.302 e. The Balaban J connectivity index is 2.63. The van der Waals surface area contributed by atoms with Gasteiger partial charge in [-0.1, -0.05) is 53.5 Å². The van der Waals surface area contributed by atoms with Crippen LogP contribution in [-0.2, 0) is 6.54 Å². The molecule has 0 radical (unpaired) electrons. The third-order valence-electron chi connectivity index (χ3n) is 3.73. The minimum atomic E-state index is 0.382. The fraction of sp³-hybridized carbons (Fsp3) is 0.600. The van der Waals surface area contributed by atoms with Crippen LogP contribution >= 0.6 is 27.5 Å². The van der Waals surface area contributed by atoms with Crippen molar-refractivity contribution in [1.82, 2.24) is 4.90 Å². The Labute approximate surface area is 125 Å². The van der Waals surface area contributed by atoms with Crippen molar-refractivity contribution in [3.8, 4) is 0 Å². The minimum absolute atomic E-state index is 0.382. The molecule has 1 aromatic rings. The molecule has 0 unspecified atom stereocenters. The molecule has 0 aromatic heterocycles. The van der Waals surface area contributed by atoms with Gasteiger partial charge in [0.2, 0.25) is 0 Å². The molecular weight excluding hydrogens is 310 g/mol. The molecule has 0 aliphatic rings. The molecule has 0 amide bonds. The lowest BCUT2D eigenvalue weighted by atomic mass is 9.84. The molecule has 0 aliphatic heterocycles. The zero-order valence-electron chi connectivity index (χ0n) is 11.5. The van der Waals surface area contributed by atoms with Gasteiger partial charge in [0.15, 0.2) is 0 Å². The van der Waals surface area contributed by atoms with Gasteiger partial charge in [-0.15, -0.1) is 0 Å². The molecule has 0 saturated carbocycles. The molecule has 0 bridgehead atoms. The SMILES string of the molecule is CCC(CC)(CBr)CN(C)Cc1cccc(Cl)c1. The number of benzene rings is 1. The van der Waals surface area contributed by atoms with E-state index in [1.165, 1.54) is 18.4 Å². The summed E-state index contributed by atoms with van der Waals surface area (Å²) in [5.41, 5.74) is 1.66. The first kappa shape index (κ1) is 16.0. The molecule has 1 aromatic carbocycles. The molecule has 0 atom stereocenters. The molecule has 102 valence electrons. The van der Waals surface area contributed by atoms with E-state index in [4.69, 9.17) is 11.6 Å². The highest BCUT2D eigenvalue weighted by molar-refractivity contribution is 9.09. The zero-order valence-corrected chi connectivity index (χ0v) is 13.9. The Hall–Kier alpha value is -0.0500. The molecule has 0 N–H and O–H groups in total. The molecule has 0 fully saturated rings. The molecule has 0 heterocycles. The zero-order chi connectivity index (χ0) is 13.6. The average molecular weight is 333 g/mol. The van der Waals surface area contributed by atoms with Gasteiger partial charge in [0.1, 0.15) is 0 Å². The quantitative estimate of drug-likeness (QED) is 0.637. The van der Waals surface area contributed by atoms with Crippen molar-refractivity contribution in [3.63, 3.8) is 0 Å². The van der Waals surface area contributed by atoms with Gasteiger partial charge in [0.25, 0.3) is 0 Å². The fourth-order valence-electron chi connectivity index (χ4n) is 2.28. The molecule has 0 spiro atoms. The second kappa shape index (κ2) is 7.52. The van der Waals surface area contributed by atoms with E-state index in [0.29, 0.717) is 5.41 Å². The standard InChI is InChI=1S/C15H23BrClN/c1-4-15(5-2,11-16)12-18(3)10-13-7-6-8-14(17)9-13/h6-9H,4-5,10-12H2,1-3H3. The van der Waals surface area contributed by atoms with Crippen LogP contribution < -0.4 is 0 Å².